The van der Waals surface area contributed by atoms with Crippen molar-refractivity contribution < 1.29 is 22.4 Å². The van der Waals surface area contributed by atoms with Gasteiger partial charge in [-0.15, -0.1) is 11.3 Å². The average molecular weight is 604 g/mol. The van der Waals surface area contributed by atoms with E-state index >= 15 is 0 Å². The van der Waals surface area contributed by atoms with Crippen LogP contribution >= 0.6 is 11.3 Å². The number of rotatable bonds is 11. The Kier molecular flexibility index (Phi) is 9.64. The lowest BCUT2D eigenvalue weighted by atomic mass is 9.99. The van der Waals surface area contributed by atoms with Crippen LogP contribution in [0, 0.1) is 5.82 Å². The maximum absolute atomic E-state index is 14.5. The molecule has 9 heteroatoms. The van der Waals surface area contributed by atoms with Crippen LogP contribution in [0.5, 0.6) is 0 Å². The Balaban J connectivity index is 1.34. The SMILES string of the molecule is O=C(NC(Cc1ccccc1)c1ccccc1)c1csc(CN(Cc2cccc(C(F)(F)F)c2)Cc2ccccc2F)n1. The van der Waals surface area contributed by atoms with Crippen molar-refractivity contribution in [3.63, 3.8) is 0 Å². The molecule has 1 amide bonds. The van der Waals surface area contributed by atoms with E-state index in [4.69, 9.17) is 0 Å². The van der Waals surface area contributed by atoms with Gasteiger partial charge >= 0.3 is 6.18 Å². The molecule has 0 radical (unpaired) electrons. The number of alkyl halides is 3. The molecule has 0 saturated heterocycles. The second-order valence-electron chi connectivity index (χ2n) is 10.2. The molecule has 0 aliphatic carbocycles. The molecular weight excluding hydrogens is 574 g/mol. The zero-order valence-electron chi connectivity index (χ0n) is 23.1. The van der Waals surface area contributed by atoms with Gasteiger partial charge < -0.3 is 5.32 Å². The molecule has 0 spiro atoms. The van der Waals surface area contributed by atoms with Crippen molar-refractivity contribution in [1.29, 1.82) is 0 Å². The minimum absolute atomic E-state index is 0.131. The van der Waals surface area contributed by atoms with E-state index in [-0.39, 0.29) is 37.3 Å². The third kappa shape index (κ3) is 8.37. The van der Waals surface area contributed by atoms with Gasteiger partial charge in [0.15, 0.2) is 0 Å². The predicted octanol–water partition coefficient (Wildman–Crippen LogP) is 8.22. The topological polar surface area (TPSA) is 45.2 Å². The molecule has 4 nitrogen and oxygen atoms in total. The summed E-state index contributed by atoms with van der Waals surface area (Å²) < 4.78 is 54.6. The molecule has 1 unspecified atom stereocenters. The Morgan fingerprint density at radius 2 is 1.49 bits per heavy atom. The number of hydrogen-bond acceptors (Lipinski definition) is 4. The standard InChI is InChI=1S/C34H29F4N3OS/c35-29-17-8-7-15-27(29)21-41(20-25-12-9-16-28(18-25)34(36,37)38)22-32-39-31(23-43-32)33(42)40-30(26-13-5-2-6-14-26)19-24-10-3-1-4-11-24/h1-18,23,30H,19-22H2,(H,40,42). The van der Waals surface area contributed by atoms with Crippen LogP contribution < -0.4 is 5.32 Å². The molecule has 0 bridgehead atoms. The van der Waals surface area contributed by atoms with E-state index in [1.165, 1.54) is 23.5 Å². The molecule has 0 aliphatic heterocycles. The van der Waals surface area contributed by atoms with Crippen LogP contribution in [0.3, 0.4) is 0 Å². The Hall–Kier alpha value is -4.34. The summed E-state index contributed by atoms with van der Waals surface area (Å²) in [4.78, 5) is 19.7. The highest BCUT2D eigenvalue weighted by Crippen LogP contribution is 2.30. The molecule has 0 aliphatic rings. The molecule has 1 atom stereocenters. The highest BCUT2D eigenvalue weighted by molar-refractivity contribution is 7.09. The highest BCUT2D eigenvalue weighted by Gasteiger charge is 2.30. The zero-order chi connectivity index (χ0) is 30.2. The number of carbonyl (C=O) groups is 1. The minimum Gasteiger partial charge on any atom is -0.344 e. The first-order valence-corrected chi connectivity index (χ1v) is 14.6. The van der Waals surface area contributed by atoms with E-state index in [0.29, 0.717) is 22.6 Å². The Bertz CT molecular complexity index is 1640. The summed E-state index contributed by atoms with van der Waals surface area (Å²) in [6.45, 7) is 0.498. The Labute approximate surface area is 251 Å². The summed E-state index contributed by atoms with van der Waals surface area (Å²) in [6.07, 6.45) is -3.87. The van der Waals surface area contributed by atoms with Crippen molar-refractivity contribution in [2.75, 3.05) is 0 Å². The molecule has 43 heavy (non-hydrogen) atoms. The number of nitrogens with zero attached hydrogens (tertiary/aromatic N) is 2. The monoisotopic (exact) mass is 603 g/mol. The lowest BCUT2D eigenvalue weighted by Gasteiger charge is -2.22. The molecule has 0 saturated carbocycles. The summed E-state index contributed by atoms with van der Waals surface area (Å²) in [7, 11) is 0. The number of halogens is 4. The fourth-order valence-corrected chi connectivity index (χ4v) is 5.65. The summed E-state index contributed by atoms with van der Waals surface area (Å²) in [5.74, 6) is -0.730. The molecule has 5 aromatic rings. The Morgan fingerprint density at radius 1 is 0.814 bits per heavy atom. The normalized spacial score (nSPS) is 12.3. The van der Waals surface area contributed by atoms with Gasteiger partial charge in [0.05, 0.1) is 18.2 Å². The van der Waals surface area contributed by atoms with Crippen LogP contribution in [-0.2, 0) is 32.2 Å². The van der Waals surface area contributed by atoms with Crippen LogP contribution in [0.2, 0.25) is 0 Å². The van der Waals surface area contributed by atoms with Gasteiger partial charge in [-0.25, -0.2) is 9.37 Å². The summed E-state index contributed by atoms with van der Waals surface area (Å²) >= 11 is 1.28. The van der Waals surface area contributed by atoms with Gasteiger partial charge in [0.2, 0.25) is 0 Å². The summed E-state index contributed by atoms with van der Waals surface area (Å²) in [5, 5.41) is 5.37. The maximum atomic E-state index is 14.5. The number of nitrogens with one attached hydrogen (secondary N) is 1. The smallest absolute Gasteiger partial charge is 0.344 e. The van der Waals surface area contributed by atoms with E-state index in [0.717, 1.165) is 23.3 Å². The van der Waals surface area contributed by atoms with Gasteiger partial charge in [0.25, 0.3) is 5.91 Å². The largest absolute Gasteiger partial charge is 0.416 e. The Morgan fingerprint density at radius 3 is 2.21 bits per heavy atom. The van der Waals surface area contributed by atoms with Gasteiger partial charge in [0.1, 0.15) is 16.5 Å². The van der Waals surface area contributed by atoms with E-state index in [1.807, 2.05) is 65.6 Å². The van der Waals surface area contributed by atoms with Crippen LogP contribution in [0.15, 0.2) is 115 Å². The first-order chi connectivity index (χ1) is 20.7. The zero-order valence-corrected chi connectivity index (χ0v) is 23.9. The van der Waals surface area contributed by atoms with E-state index in [1.54, 1.807) is 29.6 Å². The second-order valence-corrected chi connectivity index (χ2v) is 11.1. The molecule has 4 aromatic carbocycles. The third-order valence-electron chi connectivity index (χ3n) is 6.95. The number of hydrogen-bond donors (Lipinski definition) is 1. The molecule has 1 heterocycles. The van der Waals surface area contributed by atoms with Crippen LogP contribution in [0.25, 0.3) is 0 Å². The molecule has 1 aromatic heterocycles. The fourth-order valence-electron chi connectivity index (χ4n) is 4.84. The summed E-state index contributed by atoms with van der Waals surface area (Å²) in [6, 6.07) is 30.7. The number of thiazole rings is 1. The summed E-state index contributed by atoms with van der Waals surface area (Å²) in [5.41, 5.74) is 2.40. The first-order valence-electron chi connectivity index (χ1n) is 13.7. The number of benzene rings is 4. The van der Waals surface area contributed by atoms with Crippen LogP contribution in [0.4, 0.5) is 17.6 Å². The average Bonchev–Trinajstić information content (AvgIpc) is 3.47. The van der Waals surface area contributed by atoms with E-state index in [2.05, 4.69) is 10.3 Å². The number of carbonyl (C=O) groups excluding carboxylic acids is 1. The molecule has 0 fully saturated rings. The predicted molar refractivity (Wildman–Crippen MR) is 160 cm³/mol. The van der Waals surface area contributed by atoms with Gasteiger partial charge in [-0.2, -0.15) is 13.2 Å². The van der Waals surface area contributed by atoms with Gasteiger partial charge in [0, 0.05) is 24.0 Å². The van der Waals surface area contributed by atoms with Crippen molar-refractivity contribution in [2.45, 2.75) is 38.3 Å². The van der Waals surface area contributed by atoms with Gasteiger partial charge in [-0.05, 0) is 35.2 Å². The van der Waals surface area contributed by atoms with Crippen molar-refractivity contribution in [3.8, 4) is 0 Å². The van der Waals surface area contributed by atoms with Crippen molar-refractivity contribution >= 4 is 17.2 Å². The first kappa shape index (κ1) is 30.1. The second kappa shape index (κ2) is 13.8. The fraction of sp³-hybridized carbons (Fsp3) is 0.176. The quantitative estimate of drug-likeness (QED) is 0.155. The lowest BCUT2D eigenvalue weighted by Crippen LogP contribution is -2.30. The van der Waals surface area contributed by atoms with Crippen molar-refractivity contribution in [3.05, 3.63) is 159 Å². The minimum atomic E-state index is -4.47. The molecule has 1 N–H and O–H groups in total. The van der Waals surface area contributed by atoms with E-state index in [9.17, 15) is 22.4 Å². The lowest BCUT2D eigenvalue weighted by molar-refractivity contribution is -0.137. The van der Waals surface area contributed by atoms with Crippen molar-refractivity contribution in [1.82, 2.24) is 15.2 Å². The number of aromatic nitrogens is 1. The maximum Gasteiger partial charge on any atom is 0.416 e. The van der Waals surface area contributed by atoms with Crippen LogP contribution in [-0.4, -0.2) is 15.8 Å². The van der Waals surface area contributed by atoms with Crippen LogP contribution in [0.1, 0.15) is 49.4 Å². The highest BCUT2D eigenvalue weighted by atomic mass is 32.1. The van der Waals surface area contributed by atoms with Crippen molar-refractivity contribution in [2.24, 2.45) is 0 Å². The van der Waals surface area contributed by atoms with E-state index < -0.39 is 17.6 Å². The molecular formula is C34H29F4N3OS. The molecule has 5 rings (SSSR count). The number of amides is 1. The van der Waals surface area contributed by atoms with Gasteiger partial charge in [-0.3, -0.25) is 9.69 Å². The van der Waals surface area contributed by atoms with Gasteiger partial charge in [-0.1, -0.05) is 97.1 Å². The molecule has 220 valence electrons. The third-order valence-corrected chi connectivity index (χ3v) is 7.78.